The summed E-state index contributed by atoms with van der Waals surface area (Å²) < 4.78 is 0. The van der Waals surface area contributed by atoms with Crippen molar-refractivity contribution in [2.24, 2.45) is 0 Å². The molecular formula is C21H19N7O3. The standard InChI is InChI=1S/C21H19N7O3/c1-13-7-9-15(10-8-13)23-20-25-16(24-19(22)26-20)12-28-18(30)17(29)27(21(28)31)11-14-5-3-2-4-6-14/h2-10H,11-12H2,1H3,(H3,22,23,24,25,26). The Morgan fingerprint density at radius 2 is 1.48 bits per heavy atom. The van der Waals surface area contributed by atoms with Crippen LogP contribution in [0.3, 0.4) is 0 Å². The van der Waals surface area contributed by atoms with E-state index in [9.17, 15) is 14.4 Å². The second-order valence-corrected chi connectivity index (χ2v) is 6.98. The number of nitrogens with one attached hydrogen (secondary N) is 1. The molecule has 2 aromatic carbocycles. The fraction of sp³-hybridized carbons (Fsp3) is 0.143. The van der Waals surface area contributed by atoms with Crippen molar-refractivity contribution in [3.8, 4) is 0 Å². The largest absolute Gasteiger partial charge is 0.368 e. The molecule has 0 radical (unpaired) electrons. The van der Waals surface area contributed by atoms with Crippen molar-refractivity contribution in [3.05, 3.63) is 71.5 Å². The van der Waals surface area contributed by atoms with E-state index in [1.54, 1.807) is 24.3 Å². The average Bonchev–Trinajstić information content (AvgIpc) is 2.94. The highest BCUT2D eigenvalue weighted by molar-refractivity contribution is 6.44. The van der Waals surface area contributed by atoms with Gasteiger partial charge in [0.25, 0.3) is 0 Å². The predicted octanol–water partition coefficient (Wildman–Crippen LogP) is 2.00. The van der Waals surface area contributed by atoms with E-state index in [0.717, 1.165) is 26.6 Å². The summed E-state index contributed by atoms with van der Waals surface area (Å²) in [5, 5.41) is 3.00. The summed E-state index contributed by atoms with van der Waals surface area (Å²) in [4.78, 5) is 51.4. The minimum atomic E-state index is -0.937. The average molecular weight is 417 g/mol. The number of nitrogens with zero attached hydrogens (tertiary/aromatic N) is 5. The second-order valence-electron chi connectivity index (χ2n) is 6.98. The van der Waals surface area contributed by atoms with Gasteiger partial charge >= 0.3 is 17.8 Å². The van der Waals surface area contributed by atoms with Crippen LogP contribution in [0.1, 0.15) is 17.0 Å². The summed E-state index contributed by atoms with van der Waals surface area (Å²) in [6.45, 7) is 1.67. The maximum absolute atomic E-state index is 12.7. The summed E-state index contributed by atoms with van der Waals surface area (Å²) in [7, 11) is 0. The molecule has 10 heteroatoms. The lowest BCUT2D eigenvalue weighted by atomic mass is 10.2. The van der Waals surface area contributed by atoms with E-state index in [-0.39, 0.29) is 30.8 Å². The molecule has 1 fully saturated rings. The van der Waals surface area contributed by atoms with Crippen LogP contribution in [0.4, 0.5) is 22.4 Å². The van der Waals surface area contributed by atoms with Gasteiger partial charge in [0.15, 0.2) is 5.82 Å². The summed E-state index contributed by atoms with van der Waals surface area (Å²) in [6, 6.07) is 15.7. The second kappa shape index (κ2) is 8.19. The summed E-state index contributed by atoms with van der Waals surface area (Å²) >= 11 is 0. The number of carbonyl (C=O) groups excluding carboxylic acids is 3. The highest BCUT2D eigenvalue weighted by atomic mass is 16.2. The van der Waals surface area contributed by atoms with Crippen LogP contribution in [0.5, 0.6) is 0 Å². The van der Waals surface area contributed by atoms with Gasteiger partial charge in [-0.1, -0.05) is 48.0 Å². The first-order valence-electron chi connectivity index (χ1n) is 9.46. The SMILES string of the molecule is Cc1ccc(Nc2nc(N)nc(CN3C(=O)C(=O)N(Cc4ccccc4)C3=O)n2)cc1. The fourth-order valence-corrected chi connectivity index (χ4v) is 3.07. The Labute approximate surface area is 177 Å². The topological polar surface area (TPSA) is 134 Å². The van der Waals surface area contributed by atoms with Gasteiger partial charge in [0.2, 0.25) is 11.9 Å². The minimum absolute atomic E-state index is 0.000315. The first-order valence-corrected chi connectivity index (χ1v) is 9.46. The molecule has 0 atom stereocenters. The maximum atomic E-state index is 12.7. The van der Waals surface area contributed by atoms with Crippen molar-refractivity contribution in [2.45, 2.75) is 20.0 Å². The zero-order valence-corrected chi connectivity index (χ0v) is 16.6. The van der Waals surface area contributed by atoms with E-state index in [1.165, 1.54) is 0 Å². The molecule has 0 bridgehead atoms. The minimum Gasteiger partial charge on any atom is -0.368 e. The van der Waals surface area contributed by atoms with E-state index in [4.69, 9.17) is 5.73 Å². The van der Waals surface area contributed by atoms with Crippen molar-refractivity contribution < 1.29 is 14.4 Å². The summed E-state index contributed by atoms with van der Waals surface area (Å²) in [6.07, 6.45) is 0. The van der Waals surface area contributed by atoms with Gasteiger partial charge in [0, 0.05) is 5.69 Å². The van der Waals surface area contributed by atoms with Crippen LogP contribution < -0.4 is 11.1 Å². The number of aryl methyl sites for hydroxylation is 1. The Morgan fingerprint density at radius 1 is 0.839 bits per heavy atom. The van der Waals surface area contributed by atoms with E-state index >= 15 is 0 Å². The van der Waals surface area contributed by atoms with Crippen LogP contribution >= 0.6 is 0 Å². The number of imide groups is 2. The maximum Gasteiger partial charge on any atom is 0.334 e. The molecule has 1 aliphatic rings. The molecule has 2 heterocycles. The number of amides is 4. The number of nitrogen functional groups attached to an aromatic ring is 1. The first-order chi connectivity index (χ1) is 14.9. The number of nitrogens with two attached hydrogens (primary N) is 1. The molecule has 156 valence electrons. The van der Waals surface area contributed by atoms with Crippen LogP contribution in [0.2, 0.25) is 0 Å². The lowest BCUT2D eigenvalue weighted by molar-refractivity contribution is -0.143. The van der Waals surface area contributed by atoms with Gasteiger partial charge in [0.05, 0.1) is 13.1 Å². The van der Waals surface area contributed by atoms with E-state index < -0.39 is 17.8 Å². The Morgan fingerprint density at radius 3 is 2.16 bits per heavy atom. The molecular weight excluding hydrogens is 398 g/mol. The molecule has 0 saturated carbocycles. The normalized spacial score (nSPS) is 13.8. The molecule has 31 heavy (non-hydrogen) atoms. The Bertz CT molecular complexity index is 1150. The van der Waals surface area contributed by atoms with E-state index in [1.807, 2.05) is 37.3 Å². The lowest BCUT2D eigenvalue weighted by Gasteiger charge is -2.15. The number of carbonyl (C=O) groups is 3. The third-order valence-electron chi connectivity index (χ3n) is 4.62. The number of aromatic nitrogens is 3. The molecule has 0 unspecified atom stereocenters. The molecule has 4 amide bonds. The van der Waals surface area contributed by atoms with Crippen LogP contribution in [-0.2, 0) is 22.7 Å². The van der Waals surface area contributed by atoms with Crippen molar-refractivity contribution in [1.29, 1.82) is 0 Å². The zero-order valence-electron chi connectivity index (χ0n) is 16.6. The number of rotatable bonds is 6. The van der Waals surface area contributed by atoms with Gasteiger partial charge < -0.3 is 11.1 Å². The van der Waals surface area contributed by atoms with E-state index in [0.29, 0.717) is 0 Å². The number of hydrogen-bond donors (Lipinski definition) is 2. The molecule has 4 rings (SSSR count). The smallest absolute Gasteiger partial charge is 0.334 e. The molecule has 1 saturated heterocycles. The Kier molecular flexibility index (Phi) is 5.27. The van der Waals surface area contributed by atoms with Crippen LogP contribution in [-0.4, -0.2) is 42.6 Å². The third kappa shape index (κ3) is 4.32. The molecule has 0 aliphatic carbocycles. The lowest BCUT2D eigenvalue weighted by Crippen LogP contribution is -2.33. The van der Waals surface area contributed by atoms with Crippen LogP contribution in [0.15, 0.2) is 54.6 Å². The molecule has 3 N–H and O–H groups in total. The van der Waals surface area contributed by atoms with Crippen LogP contribution in [0, 0.1) is 6.92 Å². The van der Waals surface area contributed by atoms with Gasteiger partial charge in [0.1, 0.15) is 0 Å². The highest BCUT2D eigenvalue weighted by Gasteiger charge is 2.44. The monoisotopic (exact) mass is 417 g/mol. The molecule has 1 aromatic heterocycles. The number of benzene rings is 2. The molecule has 10 nitrogen and oxygen atoms in total. The van der Waals surface area contributed by atoms with Gasteiger partial charge in [-0.3, -0.25) is 14.5 Å². The third-order valence-corrected chi connectivity index (χ3v) is 4.62. The number of anilines is 3. The summed E-state index contributed by atoms with van der Waals surface area (Å²) in [5.41, 5.74) is 8.33. The number of urea groups is 1. The molecule has 3 aromatic rings. The fourth-order valence-electron chi connectivity index (χ4n) is 3.07. The quantitative estimate of drug-likeness (QED) is 0.459. The zero-order chi connectivity index (χ0) is 22.0. The van der Waals surface area contributed by atoms with Gasteiger partial charge in [-0.25, -0.2) is 9.69 Å². The Balaban J connectivity index is 1.52. The van der Waals surface area contributed by atoms with Crippen LogP contribution in [0.25, 0.3) is 0 Å². The molecule has 1 aliphatic heterocycles. The predicted molar refractivity (Wildman–Crippen MR) is 112 cm³/mol. The number of hydrogen-bond acceptors (Lipinski definition) is 8. The van der Waals surface area contributed by atoms with Crippen molar-refractivity contribution >= 4 is 35.4 Å². The molecule has 0 spiro atoms. The van der Waals surface area contributed by atoms with Gasteiger partial charge in [-0.15, -0.1) is 0 Å². The first kappa shape index (κ1) is 20.0. The highest BCUT2D eigenvalue weighted by Crippen LogP contribution is 2.19. The van der Waals surface area contributed by atoms with Gasteiger partial charge in [-0.05, 0) is 24.6 Å². The Hall–Kier alpha value is -4.34. The van der Waals surface area contributed by atoms with Crippen molar-refractivity contribution in [2.75, 3.05) is 11.1 Å². The van der Waals surface area contributed by atoms with Crippen molar-refractivity contribution in [1.82, 2.24) is 24.8 Å². The van der Waals surface area contributed by atoms with Crippen molar-refractivity contribution in [3.63, 3.8) is 0 Å². The summed E-state index contributed by atoms with van der Waals surface area (Å²) in [5.74, 6) is -1.66. The van der Waals surface area contributed by atoms with Gasteiger partial charge in [-0.2, -0.15) is 15.0 Å². The van der Waals surface area contributed by atoms with E-state index in [2.05, 4.69) is 20.3 Å².